The molecule has 0 bridgehead atoms. The number of nitriles is 1. The highest BCUT2D eigenvalue weighted by atomic mass is 16.2. The van der Waals surface area contributed by atoms with E-state index in [1.807, 2.05) is 4.90 Å². The fraction of sp³-hybridized carbons (Fsp3) is 0.769. The Hall–Kier alpha value is -1.57. The molecule has 18 heavy (non-hydrogen) atoms. The third-order valence-electron chi connectivity index (χ3n) is 3.91. The predicted octanol–water partition coefficient (Wildman–Crippen LogP) is 0.665. The van der Waals surface area contributed by atoms with Crippen molar-refractivity contribution in [2.24, 2.45) is 11.3 Å². The summed E-state index contributed by atoms with van der Waals surface area (Å²) in [6, 6.07) is 2.15. The summed E-state index contributed by atoms with van der Waals surface area (Å²) < 4.78 is 0. The summed E-state index contributed by atoms with van der Waals surface area (Å²) in [4.78, 5) is 24.8. The molecule has 0 aromatic heterocycles. The van der Waals surface area contributed by atoms with Crippen LogP contribution in [0, 0.1) is 22.7 Å². The number of likely N-dealkylation sites (tertiary alicyclic amines) is 1. The summed E-state index contributed by atoms with van der Waals surface area (Å²) in [6.07, 6.45) is 3.25. The number of carbonyl (C=O) groups excluding carboxylic acids is 2. The highest BCUT2D eigenvalue weighted by molar-refractivity contribution is 5.88. The van der Waals surface area contributed by atoms with Gasteiger partial charge < -0.3 is 10.2 Å². The van der Waals surface area contributed by atoms with Gasteiger partial charge in [0.2, 0.25) is 11.8 Å². The van der Waals surface area contributed by atoms with E-state index in [0.717, 1.165) is 12.8 Å². The van der Waals surface area contributed by atoms with Crippen molar-refractivity contribution in [2.75, 3.05) is 19.6 Å². The van der Waals surface area contributed by atoms with Gasteiger partial charge in [-0.05, 0) is 31.6 Å². The first kappa shape index (κ1) is 12.9. The molecule has 2 amide bonds. The number of hydrogen-bond donors (Lipinski definition) is 1. The largest absolute Gasteiger partial charge is 0.356 e. The van der Waals surface area contributed by atoms with Crippen LogP contribution in [0.15, 0.2) is 0 Å². The number of nitrogens with zero attached hydrogens (tertiary/aromatic N) is 2. The summed E-state index contributed by atoms with van der Waals surface area (Å²) >= 11 is 0. The van der Waals surface area contributed by atoms with Crippen molar-refractivity contribution in [3.63, 3.8) is 0 Å². The first-order valence-electron chi connectivity index (χ1n) is 6.52. The van der Waals surface area contributed by atoms with Crippen LogP contribution in [0.3, 0.4) is 0 Å². The number of rotatable bonds is 3. The highest BCUT2D eigenvalue weighted by Gasteiger charge is 2.52. The van der Waals surface area contributed by atoms with E-state index in [1.165, 1.54) is 6.92 Å². The van der Waals surface area contributed by atoms with E-state index in [1.54, 1.807) is 0 Å². The minimum atomic E-state index is -0.690. The summed E-state index contributed by atoms with van der Waals surface area (Å²) in [5.41, 5.74) is -0.690. The molecule has 1 aliphatic heterocycles. The molecule has 98 valence electrons. The van der Waals surface area contributed by atoms with Crippen molar-refractivity contribution in [1.29, 1.82) is 5.26 Å². The Labute approximate surface area is 107 Å². The van der Waals surface area contributed by atoms with Crippen LogP contribution < -0.4 is 5.32 Å². The van der Waals surface area contributed by atoms with Gasteiger partial charge in [-0.3, -0.25) is 9.59 Å². The zero-order valence-corrected chi connectivity index (χ0v) is 10.7. The van der Waals surface area contributed by atoms with Crippen LogP contribution in [-0.4, -0.2) is 36.3 Å². The number of nitrogens with one attached hydrogen (secondary N) is 1. The number of piperidine rings is 1. The molecule has 2 rings (SSSR count). The van der Waals surface area contributed by atoms with E-state index < -0.39 is 5.41 Å². The molecule has 2 fully saturated rings. The lowest BCUT2D eigenvalue weighted by atomic mass is 9.95. The Bertz CT molecular complexity index is 388. The van der Waals surface area contributed by atoms with Crippen LogP contribution in [0.5, 0.6) is 0 Å². The van der Waals surface area contributed by atoms with Crippen LogP contribution in [0.4, 0.5) is 0 Å². The van der Waals surface area contributed by atoms with Crippen molar-refractivity contribution >= 4 is 11.8 Å². The molecule has 2 aliphatic rings. The van der Waals surface area contributed by atoms with E-state index in [4.69, 9.17) is 5.26 Å². The molecule has 1 saturated carbocycles. The Kier molecular flexibility index (Phi) is 3.55. The van der Waals surface area contributed by atoms with Crippen molar-refractivity contribution < 1.29 is 9.59 Å². The number of hydrogen-bond acceptors (Lipinski definition) is 3. The maximum Gasteiger partial charge on any atom is 0.243 e. The van der Waals surface area contributed by atoms with E-state index in [0.29, 0.717) is 38.4 Å². The fourth-order valence-electron chi connectivity index (χ4n) is 2.43. The second kappa shape index (κ2) is 4.97. The Morgan fingerprint density at radius 3 is 2.44 bits per heavy atom. The molecule has 1 heterocycles. The third-order valence-corrected chi connectivity index (χ3v) is 3.91. The zero-order valence-electron chi connectivity index (χ0n) is 10.7. The topological polar surface area (TPSA) is 73.2 Å². The molecule has 0 unspecified atom stereocenters. The molecule has 1 aliphatic carbocycles. The highest BCUT2D eigenvalue weighted by Crippen LogP contribution is 2.46. The van der Waals surface area contributed by atoms with Crippen LogP contribution in [0.25, 0.3) is 0 Å². The summed E-state index contributed by atoms with van der Waals surface area (Å²) in [7, 11) is 0. The van der Waals surface area contributed by atoms with Crippen LogP contribution in [0.2, 0.25) is 0 Å². The van der Waals surface area contributed by atoms with Gasteiger partial charge in [0.15, 0.2) is 0 Å². The van der Waals surface area contributed by atoms with E-state index in [2.05, 4.69) is 11.4 Å². The monoisotopic (exact) mass is 249 g/mol. The number of amides is 2. The average Bonchev–Trinajstić information content (AvgIpc) is 3.17. The van der Waals surface area contributed by atoms with Crippen LogP contribution in [-0.2, 0) is 9.59 Å². The molecule has 5 nitrogen and oxygen atoms in total. The Morgan fingerprint density at radius 2 is 2.00 bits per heavy atom. The maximum atomic E-state index is 12.1. The van der Waals surface area contributed by atoms with Crippen molar-refractivity contribution in [3.8, 4) is 6.07 Å². The predicted molar refractivity (Wildman–Crippen MR) is 65.3 cm³/mol. The molecule has 0 aromatic carbocycles. The maximum absolute atomic E-state index is 12.1. The van der Waals surface area contributed by atoms with E-state index in [-0.39, 0.29) is 11.8 Å². The SMILES string of the molecule is CC(=O)NCC1CCN(C(=O)C2(C#N)CC2)CC1. The quantitative estimate of drug-likeness (QED) is 0.798. The Morgan fingerprint density at radius 1 is 1.39 bits per heavy atom. The zero-order chi connectivity index (χ0) is 13.2. The molecular weight excluding hydrogens is 230 g/mol. The summed E-state index contributed by atoms with van der Waals surface area (Å²) in [5.74, 6) is 0.466. The minimum absolute atomic E-state index is 0.00470. The molecule has 0 radical (unpaired) electrons. The number of carbonyl (C=O) groups is 2. The Balaban J connectivity index is 1.79. The molecule has 0 spiro atoms. The average molecular weight is 249 g/mol. The van der Waals surface area contributed by atoms with Gasteiger partial charge in [-0.1, -0.05) is 0 Å². The van der Waals surface area contributed by atoms with Crippen LogP contribution in [0.1, 0.15) is 32.6 Å². The standard InChI is InChI=1S/C13H19N3O2/c1-10(17)15-8-11-2-6-16(7-3-11)12(18)13(9-14)4-5-13/h11H,2-8H2,1H3,(H,15,17). The van der Waals surface area contributed by atoms with Gasteiger partial charge in [0, 0.05) is 26.6 Å². The van der Waals surface area contributed by atoms with Gasteiger partial charge in [0.05, 0.1) is 6.07 Å². The lowest BCUT2D eigenvalue weighted by Crippen LogP contribution is -2.44. The normalized spacial score (nSPS) is 22.1. The van der Waals surface area contributed by atoms with E-state index in [9.17, 15) is 9.59 Å². The van der Waals surface area contributed by atoms with Crippen molar-refractivity contribution in [2.45, 2.75) is 32.6 Å². The van der Waals surface area contributed by atoms with Crippen molar-refractivity contribution in [3.05, 3.63) is 0 Å². The molecule has 1 N–H and O–H groups in total. The van der Waals surface area contributed by atoms with Gasteiger partial charge >= 0.3 is 0 Å². The molecule has 1 saturated heterocycles. The first-order chi connectivity index (χ1) is 8.57. The van der Waals surface area contributed by atoms with Crippen molar-refractivity contribution in [1.82, 2.24) is 10.2 Å². The molecule has 5 heteroatoms. The van der Waals surface area contributed by atoms with Crippen LogP contribution >= 0.6 is 0 Å². The van der Waals surface area contributed by atoms with Gasteiger partial charge in [0.1, 0.15) is 5.41 Å². The van der Waals surface area contributed by atoms with Gasteiger partial charge in [0.25, 0.3) is 0 Å². The summed E-state index contributed by atoms with van der Waals surface area (Å²) in [6.45, 7) is 3.64. The lowest BCUT2D eigenvalue weighted by Gasteiger charge is -2.33. The van der Waals surface area contributed by atoms with Gasteiger partial charge in [-0.2, -0.15) is 5.26 Å². The molecular formula is C13H19N3O2. The van der Waals surface area contributed by atoms with E-state index >= 15 is 0 Å². The summed E-state index contributed by atoms with van der Waals surface area (Å²) in [5, 5.41) is 11.8. The third kappa shape index (κ3) is 2.63. The lowest BCUT2D eigenvalue weighted by molar-refractivity contribution is -0.136. The molecule has 0 atom stereocenters. The second-order valence-electron chi connectivity index (χ2n) is 5.37. The molecule has 0 aromatic rings. The smallest absolute Gasteiger partial charge is 0.243 e. The van der Waals surface area contributed by atoms with Gasteiger partial charge in [-0.25, -0.2) is 0 Å². The fourth-order valence-corrected chi connectivity index (χ4v) is 2.43. The van der Waals surface area contributed by atoms with Gasteiger partial charge in [-0.15, -0.1) is 0 Å². The second-order valence-corrected chi connectivity index (χ2v) is 5.37. The first-order valence-corrected chi connectivity index (χ1v) is 6.52. The minimum Gasteiger partial charge on any atom is -0.356 e.